The first-order valence-electron chi connectivity index (χ1n) is 19.8. The molecule has 350 valence electrons. The Morgan fingerprint density at radius 3 is 1.51 bits per heavy atom. The van der Waals surface area contributed by atoms with Gasteiger partial charge < -0.3 is 114 Å². The largest absolute Gasteiger partial charge is 0.507 e. The monoisotopic (exact) mass is 902 g/mol. The second kappa shape index (κ2) is 19.4. The summed E-state index contributed by atoms with van der Waals surface area (Å²) in [5.41, 5.74) is -0.646. The summed E-state index contributed by atoms with van der Waals surface area (Å²) in [4.78, 5) is 13.3. The van der Waals surface area contributed by atoms with Crippen molar-refractivity contribution >= 4 is 11.0 Å². The number of aliphatic hydroxyl groups excluding tert-OH is 13. The molecular formula is C39H50O24. The molecule has 0 radical (unpaired) electrons. The zero-order valence-electron chi connectivity index (χ0n) is 33.1. The first-order chi connectivity index (χ1) is 29.9. The summed E-state index contributed by atoms with van der Waals surface area (Å²) in [6, 6.07) is 8.90. The van der Waals surface area contributed by atoms with Gasteiger partial charge in [0.15, 0.2) is 30.2 Å². The molecule has 8 unspecified atom stereocenters. The van der Waals surface area contributed by atoms with Crippen LogP contribution in [-0.4, -0.2) is 214 Å². The predicted molar refractivity (Wildman–Crippen MR) is 202 cm³/mol. The third kappa shape index (κ3) is 9.38. The molecule has 3 aromatic rings. The normalized spacial score (nSPS) is 41.0. The summed E-state index contributed by atoms with van der Waals surface area (Å²) >= 11 is 0. The summed E-state index contributed by atoms with van der Waals surface area (Å²) in [6.45, 7) is -0.947. The van der Waals surface area contributed by atoms with Gasteiger partial charge in [0.05, 0.1) is 25.9 Å². The van der Waals surface area contributed by atoms with Gasteiger partial charge in [-0.05, 0) is 31.2 Å². The fourth-order valence-electron chi connectivity index (χ4n) is 7.63. The first-order valence-corrected chi connectivity index (χ1v) is 19.8. The van der Waals surface area contributed by atoms with E-state index in [2.05, 4.69) is 0 Å². The van der Waals surface area contributed by atoms with E-state index < -0.39 is 154 Å². The van der Waals surface area contributed by atoms with Crippen molar-refractivity contribution in [1.29, 1.82) is 0 Å². The molecule has 0 bridgehead atoms. The standard InChI is InChI=1S/C39H50O24/c1-12-24(45)28(49)32(53)36(55-12)62-35-31(52)27(48)22(11-42)61-39(35)57-15-6-16(43)23-17(44)8-18(58-19(23)7-15)13-2-4-14(5-3-13)56-38-34(30(51)26(47)21(10-41)60-38)63-37-33(54)29(50)25(46)20(9-40)59-37/h2-8,12,20-22,24-43,45-54H,9-11H2,1H3/t12?,20?,21?,22?,24-,25+,26+,27+,28-,29-,30-,31-,32?,33?,34?,35?,36-,37-,38+,39+/m0/s1. The highest BCUT2D eigenvalue weighted by molar-refractivity contribution is 5.86. The van der Waals surface area contributed by atoms with Crippen molar-refractivity contribution in [2.75, 3.05) is 19.8 Å². The Morgan fingerprint density at radius 2 is 0.984 bits per heavy atom. The van der Waals surface area contributed by atoms with E-state index in [-0.39, 0.29) is 33.8 Å². The van der Waals surface area contributed by atoms with Crippen LogP contribution >= 0.6 is 0 Å². The number of ether oxygens (including phenoxy) is 8. The molecule has 4 fully saturated rings. The number of benzene rings is 2. The summed E-state index contributed by atoms with van der Waals surface area (Å²) in [7, 11) is 0. The van der Waals surface area contributed by atoms with Crippen molar-refractivity contribution in [3.05, 3.63) is 52.7 Å². The fourth-order valence-corrected chi connectivity index (χ4v) is 7.63. The maximum absolute atomic E-state index is 13.3. The summed E-state index contributed by atoms with van der Waals surface area (Å²) in [6.07, 6.45) is -32.9. The van der Waals surface area contributed by atoms with Crippen LogP contribution in [-0.2, 0) is 28.4 Å². The van der Waals surface area contributed by atoms with E-state index in [9.17, 15) is 76.3 Å². The highest BCUT2D eigenvalue weighted by Gasteiger charge is 2.53. The Balaban J connectivity index is 1.11. The Hall–Kier alpha value is -3.71. The lowest BCUT2D eigenvalue weighted by Crippen LogP contribution is -2.65. The van der Waals surface area contributed by atoms with Gasteiger partial charge in [-0.15, -0.1) is 0 Å². The minimum atomic E-state index is -1.89. The van der Waals surface area contributed by atoms with Crippen LogP contribution in [0.5, 0.6) is 17.2 Å². The van der Waals surface area contributed by atoms with Crippen molar-refractivity contribution in [3.63, 3.8) is 0 Å². The van der Waals surface area contributed by atoms with Crippen molar-refractivity contribution < 1.29 is 114 Å². The number of aromatic hydroxyl groups is 1. The molecule has 7 rings (SSSR count). The lowest BCUT2D eigenvalue weighted by Gasteiger charge is -2.45. The van der Waals surface area contributed by atoms with Crippen LogP contribution in [0, 0.1) is 0 Å². The number of rotatable bonds is 12. The number of hydrogen-bond acceptors (Lipinski definition) is 24. The molecule has 4 aliphatic rings. The first kappa shape index (κ1) is 47.3. The van der Waals surface area contributed by atoms with Crippen LogP contribution in [0.25, 0.3) is 22.3 Å². The second-order valence-corrected chi connectivity index (χ2v) is 15.5. The third-order valence-electron chi connectivity index (χ3n) is 11.3. The summed E-state index contributed by atoms with van der Waals surface area (Å²) in [5.74, 6) is -0.859. The van der Waals surface area contributed by atoms with E-state index in [1.54, 1.807) is 0 Å². The minimum Gasteiger partial charge on any atom is -0.507 e. The van der Waals surface area contributed by atoms with Crippen LogP contribution in [0.4, 0.5) is 0 Å². The van der Waals surface area contributed by atoms with E-state index in [0.717, 1.165) is 12.1 Å². The van der Waals surface area contributed by atoms with E-state index in [0.29, 0.717) is 0 Å². The van der Waals surface area contributed by atoms with Crippen LogP contribution in [0.3, 0.4) is 0 Å². The maximum Gasteiger partial charge on any atom is 0.229 e. The molecule has 4 saturated heterocycles. The average molecular weight is 903 g/mol. The van der Waals surface area contributed by atoms with Gasteiger partial charge in [-0.2, -0.15) is 0 Å². The van der Waals surface area contributed by atoms with Gasteiger partial charge in [0.25, 0.3) is 0 Å². The third-order valence-corrected chi connectivity index (χ3v) is 11.3. The molecular weight excluding hydrogens is 852 g/mol. The molecule has 0 aliphatic carbocycles. The van der Waals surface area contributed by atoms with Gasteiger partial charge in [-0.1, -0.05) is 0 Å². The van der Waals surface area contributed by atoms with Gasteiger partial charge in [-0.3, -0.25) is 4.79 Å². The van der Waals surface area contributed by atoms with Gasteiger partial charge in [-0.25, -0.2) is 0 Å². The minimum absolute atomic E-state index is 0.0342. The number of hydrogen-bond donors (Lipinski definition) is 14. The topological polar surface area (TPSA) is 387 Å². The molecule has 1 aromatic heterocycles. The number of fused-ring (bicyclic) bond motifs is 1. The molecule has 2 aromatic carbocycles. The van der Waals surface area contributed by atoms with E-state index >= 15 is 0 Å². The zero-order chi connectivity index (χ0) is 45.6. The molecule has 0 spiro atoms. The molecule has 0 saturated carbocycles. The number of aliphatic hydroxyl groups is 13. The maximum atomic E-state index is 13.3. The van der Waals surface area contributed by atoms with E-state index in [1.807, 2.05) is 0 Å². The van der Waals surface area contributed by atoms with E-state index in [4.69, 9.17) is 42.3 Å². The Morgan fingerprint density at radius 1 is 0.524 bits per heavy atom. The Labute approximate surface area is 355 Å². The average Bonchev–Trinajstić information content (AvgIpc) is 3.26. The van der Waals surface area contributed by atoms with Crippen molar-refractivity contribution in [2.45, 2.75) is 130 Å². The SMILES string of the molecule is CC1O[C@@H](OC2[C@H](Oc3cc(O)c4c(=O)cc(-c5ccc(O[C@@H]6OC(CO)[C@@H](O)[C@H](O)C6O[C@@H]6OC(CO)[C@@H](O)[C@H](O)C6O)cc5)oc4c3)OC(CO)[C@@H](O)[C@@H]2O)C(O)[C@@H](O)[C@H]1O. The molecule has 4 aliphatic heterocycles. The molecule has 20 atom stereocenters. The highest BCUT2D eigenvalue weighted by Crippen LogP contribution is 2.36. The zero-order valence-corrected chi connectivity index (χ0v) is 33.1. The van der Waals surface area contributed by atoms with E-state index in [1.165, 1.54) is 37.3 Å². The number of phenolic OH excluding ortho intramolecular Hbond substituents is 1. The fraction of sp³-hybridized carbons (Fsp3) is 0.615. The van der Waals surface area contributed by atoms with Crippen LogP contribution in [0.15, 0.2) is 51.7 Å². The van der Waals surface area contributed by atoms with Gasteiger partial charge in [0, 0.05) is 23.8 Å². The Kier molecular flexibility index (Phi) is 14.6. The smallest absolute Gasteiger partial charge is 0.229 e. The molecule has 63 heavy (non-hydrogen) atoms. The molecule has 14 N–H and O–H groups in total. The van der Waals surface area contributed by atoms with Crippen LogP contribution in [0.1, 0.15) is 6.92 Å². The highest BCUT2D eigenvalue weighted by atomic mass is 16.8. The molecule has 24 nitrogen and oxygen atoms in total. The van der Waals surface area contributed by atoms with Crippen molar-refractivity contribution in [3.8, 4) is 28.6 Å². The van der Waals surface area contributed by atoms with Crippen LogP contribution in [0.2, 0.25) is 0 Å². The second-order valence-electron chi connectivity index (χ2n) is 15.5. The molecule has 24 heteroatoms. The Bertz CT molecular complexity index is 2050. The van der Waals surface area contributed by atoms with Gasteiger partial charge in [0.1, 0.15) is 113 Å². The molecule has 5 heterocycles. The van der Waals surface area contributed by atoms with Crippen molar-refractivity contribution in [1.82, 2.24) is 0 Å². The van der Waals surface area contributed by atoms with Crippen molar-refractivity contribution in [2.24, 2.45) is 0 Å². The lowest BCUT2D eigenvalue weighted by molar-refractivity contribution is -0.357. The summed E-state index contributed by atoms with van der Waals surface area (Å²) in [5, 5.41) is 145. The molecule has 0 amide bonds. The lowest BCUT2D eigenvalue weighted by atomic mass is 9.97. The van der Waals surface area contributed by atoms with Crippen LogP contribution < -0.4 is 14.9 Å². The quantitative estimate of drug-likeness (QED) is 0.0805. The number of phenols is 1. The van der Waals surface area contributed by atoms with Gasteiger partial charge >= 0.3 is 0 Å². The predicted octanol–water partition coefficient (Wildman–Crippen LogP) is -5.80. The summed E-state index contributed by atoms with van der Waals surface area (Å²) < 4.78 is 51.4. The van der Waals surface area contributed by atoms with Gasteiger partial charge in [0.2, 0.25) is 12.6 Å².